The van der Waals surface area contributed by atoms with Gasteiger partial charge in [0.25, 0.3) is 0 Å². The number of aryl methyl sites for hydroxylation is 1. The lowest BCUT2D eigenvalue weighted by Crippen LogP contribution is -2.48. The second kappa shape index (κ2) is 7.03. The molecule has 2 heterocycles. The van der Waals surface area contributed by atoms with Gasteiger partial charge in [-0.1, -0.05) is 35.9 Å². The maximum absolute atomic E-state index is 13.0. The van der Waals surface area contributed by atoms with E-state index in [1.165, 1.54) is 11.1 Å². The minimum atomic E-state index is -3.55. The van der Waals surface area contributed by atoms with Crippen molar-refractivity contribution < 1.29 is 8.42 Å². The Morgan fingerprint density at radius 1 is 1.00 bits per heavy atom. The summed E-state index contributed by atoms with van der Waals surface area (Å²) in [5.74, 6) is 0. The molecule has 0 spiro atoms. The number of nitrogens with zero attached hydrogens (tertiary/aromatic N) is 4. The number of benzene rings is 2. The summed E-state index contributed by atoms with van der Waals surface area (Å²) in [6.07, 6.45) is 0. The Morgan fingerprint density at radius 3 is 2.46 bits per heavy atom. The predicted octanol–water partition coefficient (Wildman–Crippen LogP) is 2.51. The van der Waals surface area contributed by atoms with Crippen LogP contribution in [0.2, 0.25) is 0 Å². The smallest absolute Gasteiger partial charge is 0.245 e. The van der Waals surface area contributed by atoms with E-state index in [0.717, 1.165) is 31.4 Å². The van der Waals surface area contributed by atoms with Crippen molar-refractivity contribution in [2.75, 3.05) is 26.2 Å². The number of sulfonamides is 1. The largest absolute Gasteiger partial charge is 0.296 e. The summed E-state index contributed by atoms with van der Waals surface area (Å²) in [5.41, 5.74) is 3.61. The Morgan fingerprint density at radius 2 is 1.73 bits per heavy atom. The lowest BCUT2D eigenvalue weighted by Gasteiger charge is -2.34. The molecule has 1 aromatic heterocycles. The van der Waals surface area contributed by atoms with Crippen LogP contribution in [0.1, 0.15) is 11.1 Å². The lowest BCUT2D eigenvalue weighted by atomic mass is 10.1. The predicted molar refractivity (Wildman–Crippen MR) is 103 cm³/mol. The van der Waals surface area contributed by atoms with Crippen LogP contribution >= 0.6 is 11.7 Å². The summed E-state index contributed by atoms with van der Waals surface area (Å²) in [4.78, 5) is 2.55. The Labute approximate surface area is 157 Å². The van der Waals surface area contributed by atoms with Crippen molar-refractivity contribution in [3.8, 4) is 0 Å². The summed E-state index contributed by atoms with van der Waals surface area (Å²) in [6.45, 7) is 5.34. The molecule has 1 aliphatic heterocycles. The summed E-state index contributed by atoms with van der Waals surface area (Å²) in [7, 11) is -3.55. The molecule has 0 N–H and O–H groups in total. The Hall–Kier alpha value is -1.87. The highest BCUT2D eigenvalue weighted by atomic mass is 32.2. The number of hydrogen-bond donors (Lipinski definition) is 0. The standard InChI is InChI=1S/C18H20N4O2S2/c1-14-5-7-15(8-6-14)13-21-9-11-22(12-10-21)26(23,24)17-4-2-3-16-18(17)20-25-19-16/h2-8H,9-13H2,1H3. The van der Waals surface area contributed by atoms with Gasteiger partial charge in [0.15, 0.2) is 0 Å². The average Bonchev–Trinajstić information content (AvgIpc) is 3.13. The first-order valence-electron chi connectivity index (χ1n) is 8.53. The highest BCUT2D eigenvalue weighted by Gasteiger charge is 2.30. The molecule has 0 unspecified atom stereocenters. The highest BCUT2D eigenvalue weighted by molar-refractivity contribution is 7.89. The van der Waals surface area contributed by atoms with Crippen LogP contribution in [0.25, 0.3) is 11.0 Å². The maximum Gasteiger partial charge on any atom is 0.245 e. The van der Waals surface area contributed by atoms with Gasteiger partial charge in [-0.25, -0.2) is 8.42 Å². The van der Waals surface area contributed by atoms with Crippen LogP contribution in [-0.2, 0) is 16.6 Å². The van der Waals surface area contributed by atoms with Crippen LogP contribution in [0.5, 0.6) is 0 Å². The fourth-order valence-corrected chi connectivity index (χ4v) is 5.38. The molecule has 2 aromatic carbocycles. The fraction of sp³-hybridized carbons (Fsp3) is 0.333. The van der Waals surface area contributed by atoms with Gasteiger partial charge in [0.1, 0.15) is 15.9 Å². The lowest BCUT2D eigenvalue weighted by molar-refractivity contribution is 0.181. The molecule has 0 atom stereocenters. The quantitative estimate of drug-likeness (QED) is 0.687. The molecule has 6 nitrogen and oxygen atoms in total. The van der Waals surface area contributed by atoms with Gasteiger partial charge in [-0.15, -0.1) is 0 Å². The molecule has 0 radical (unpaired) electrons. The van der Waals surface area contributed by atoms with E-state index in [2.05, 4.69) is 44.8 Å². The van der Waals surface area contributed by atoms with Crippen molar-refractivity contribution in [1.82, 2.24) is 18.0 Å². The first kappa shape index (κ1) is 17.5. The maximum atomic E-state index is 13.0. The summed E-state index contributed by atoms with van der Waals surface area (Å²) < 4.78 is 36.0. The third kappa shape index (κ3) is 3.37. The van der Waals surface area contributed by atoms with Crippen molar-refractivity contribution in [3.63, 3.8) is 0 Å². The van der Waals surface area contributed by atoms with E-state index in [0.29, 0.717) is 24.1 Å². The third-order valence-electron chi connectivity index (χ3n) is 4.72. The molecule has 3 aromatic rings. The van der Waals surface area contributed by atoms with Gasteiger partial charge in [0, 0.05) is 32.7 Å². The Kier molecular flexibility index (Phi) is 4.74. The number of hydrogen-bond acceptors (Lipinski definition) is 6. The van der Waals surface area contributed by atoms with Crippen molar-refractivity contribution >= 4 is 32.8 Å². The fourth-order valence-electron chi connectivity index (χ4n) is 3.21. The zero-order valence-corrected chi connectivity index (χ0v) is 16.1. The van der Waals surface area contributed by atoms with Crippen LogP contribution in [0.4, 0.5) is 0 Å². The first-order valence-corrected chi connectivity index (χ1v) is 10.7. The molecule has 136 valence electrons. The minimum Gasteiger partial charge on any atom is -0.296 e. The normalized spacial score (nSPS) is 17.0. The summed E-state index contributed by atoms with van der Waals surface area (Å²) in [6, 6.07) is 13.6. The van der Waals surface area contributed by atoms with E-state index in [1.54, 1.807) is 22.5 Å². The van der Waals surface area contributed by atoms with Gasteiger partial charge in [0.05, 0.1) is 11.7 Å². The number of aromatic nitrogens is 2. The number of fused-ring (bicyclic) bond motifs is 1. The molecule has 1 fully saturated rings. The zero-order valence-electron chi connectivity index (χ0n) is 14.5. The molecule has 1 aliphatic rings. The van der Waals surface area contributed by atoms with E-state index in [9.17, 15) is 8.42 Å². The van der Waals surface area contributed by atoms with Gasteiger partial charge in [-0.05, 0) is 24.6 Å². The van der Waals surface area contributed by atoms with Crippen LogP contribution < -0.4 is 0 Å². The molecule has 0 amide bonds. The van der Waals surface area contributed by atoms with Crippen molar-refractivity contribution in [2.24, 2.45) is 0 Å². The molecular formula is C18H20N4O2S2. The molecule has 8 heteroatoms. The Balaban J connectivity index is 1.47. The van der Waals surface area contributed by atoms with Crippen molar-refractivity contribution in [3.05, 3.63) is 53.6 Å². The van der Waals surface area contributed by atoms with Gasteiger partial charge >= 0.3 is 0 Å². The van der Waals surface area contributed by atoms with E-state index >= 15 is 0 Å². The SMILES string of the molecule is Cc1ccc(CN2CCN(S(=O)(=O)c3cccc4nsnc34)CC2)cc1. The molecule has 0 saturated carbocycles. The first-order chi connectivity index (χ1) is 12.5. The van der Waals surface area contributed by atoms with E-state index in [1.807, 2.05) is 0 Å². The Bertz CT molecular complexity index is 1010. The topological polar surface area (TPSA) is 66.4 Å². The summed E-state index contributed by atoms with van der Waals surface area (Å²) >= 11 is 1.04. The van der Waals surface area contributed by atoms with E-state index in [-0.39, 0.29) is 4.90 Å². The van der Waals surface area contributed by atoms with Crippen LogP contribution in [-0.4, -0.2) is 52.5 Å². The second-order valence-electron chi connectivity index (χ2n) is 6.55. The third-order valence-corrected chi connectivity index (χ3v) is 7.20. The van der Waals surface area contributed by atoms with E-state index in [4.69, 9.17) is 0 Å². The molecule has 4 rings (SSSR count). The van der Waals surface area contributed by atoms with E-state index < -0.39 is 10.0 Å². The number of rotatable bonds is 4. The zero-order chi connectivity index (χ0) is 18.1. The highest BCUT2D eigenvalue weighted by Crippen LogP contribution is 2.25. The molecule has 1 saturated heterocycles. The molecule has 0 aliphatic carbocycles. The monoisotopic (exact) mass is 388 g/mol. The van der Waals surface area contributed by atoms with Gasteiger partial charge in [-0.2, -0.15) is 13.1 Å². The van der Waals surface area contributed by atoms with Gasteiger partial charge < -0.3 is 0 Å². The second-order valence-corrected chi connectivity index (χ2v) is 8.99. The van der Waals surface area contributed by atoms with Crippen LogP contribution in [0.15, 0.2) is 47.4 Å². The van der Waals surface area contributed by atoms with Crippen LogP contribution in [0.3, 0.4) is 0 Å². The van der Waals surface area contributed by atoms with Gasteiger partial charge in [0.2, 0.25) is 10.0 Å². The van der Waals surface area contributed by atoms with Crippen molar-refractivity contribution in [2.45, 2.75) is 18.4 Å². The molecular weight excluding hydrogens is 368 g/mol. The van der Waals surface area contributed by atoms with Crippen molar-refractivity contribution in [1.29, 1.82) is 0 Å². The average molecular weight is 389 g/mol. The summed E-state index contributed by atoms with van der Waals surface area (Å²) in [5, 5.41) is 0. The van der Waals surface area contributed by atoms with Gasteiger partial charge in [-0.3, -0.25) is 4.90 Å². The van der Waals surface area contributed by atoms with Crippen LogP contribution in [0, 0.1) is 6.92 Å². The molecule has 26 heavy (non-hydrogen) atoms. The number of piperazine rings is 1. The molecule has 0 bridgehead atoms. The minimum absolute atomic E-state index is 0.260.